The predicted octanol–water partition coefficient (Wildman–Crippen LogP) is 2.42. The Morgan fingerprint density at radius 1 is 1.43 bits per heavy atom. The lowest BCUT2D eigenvalue weighted by atomic mass is 10.0. The van der Waals surface area contributed by atoms with Crippen LogP contribution in [0.2, 0.25) is 0 Å². The van der Waals surface area contributed by atoms with Gasteiger partial charge in [-0.25, -0.2) is 4.79 Å². The maximum absolute atomic E-state index is 11.8. The van der Waals surface area contributed by atoms with E-state index < -0.39 is 0 Å². The van der Waals surface area contributed by atoms with E-state index in [2.05, 4.69) is 5.32 Å². The van der Waals surface area contributed by atoms with Crippen molar-refractivity contribution in [3.63, 3.8) is 0 Å². The fourth-order valence-corrected chi connectivity index (χ4v) is 2.88. The number of anilines is 2. The Hall–Kier alpha value is -1.75. The van der Waals surface area contributed by atoms with Gasteiger partial charge in [0.15, 0.2) is 0 Å². The summed E-state index contributed by atoms with van der Waals surface area (Å²) in [6, 6.07) is 5.49. The molecule has 0 amide bonds. The third-order valence-electron chi connectivity index (χ3n) is 4.13. The predicted molar refractivity (Wildman–Crippen MR) is 81.3 cm³/mol. The van der Waals surface area contributed by atoms with Gasteiger partial charge >= 0.3 is 5.97 Å². The molecular formula is C16H22N2O3. The molecule has 0 spiro atoms. The number of esters is 1. The normalized spacial score (nSPS) is 24.8. The fourth-order valence-electron chi connectivity index (χ4n) is 2.88. The highest BCUT2D eigenvalue weighted by atomic mass is 16.5. The molecule has 5 heteroatoms. The van der Waals surface area contributed by atoms with Crippen molar-refractivity contribution in [2.45, 2.75) is 38.3 Å². The molecule has 21 heavy (non-hydrogen) atoms. The summed E-state index contributed by atoms with van der Waals surface area (Å²) in [6.45, 7) is 2.95. The van der Waals surface area contributed by atoms with Crippen LogP contribution in [-0.2, 0) is 9.47 Å². The monoisotopic (exact) mass is 290 g/mol. The maximum atomic E-state index is 11.8. The van der Waals surface area contributed by atoms with Gasteiger partial charge in [-0.05, 0) is 50.3 Å². The van der Waals surface area contributed by atoms with Crippen LogP contribution >= 0.6 is 0 Å². The zero-order valence-corrected chi connectivity index (χ0v) is 12.3. The molecule has 1 saturated carbocycles. The topological polar surface area (TPSA) is 73.6 Å². The Kier molecular flexibility index (Phi) is 4.01. The Bertz CT molecular complexity index is 528. The maximum Gasteiger partial charge on any atom is 0.338 e. The van der Waals surface area contributed by atoms with Crippen LogP contribution < -0.4 is 11.1 Å². The third kappa shape index (κ3) is 3.13. The number of ether oxygens (including phenoxy) is 2. The van der Waals surface area contributed by atoms with Gasteiger partial charge in [-0.1, -0.05) is 0 Å². The van der Waals surface area contributed by atoms with Crippen LogP contribution in [0.1, 0.15) is 36.5 Å². The standard InChI is InChI=1S/C16H22N2O3/c1-2-20-16(19)11-5-6-12(17)14(9-11)18-13-7-8-21-15(13)10-3-4-10/h5-6,9-10,13,15,18H,2-4,7-8,17H2,1H3. The first-order chi connectivity index (χ1) is 10.2. The Morgan fingerprint density at radius 3 is 2.95 bits per heavy atom. The molecule has 2 aliphatic rings. The molecule has 2 atom stereocenters. The zero-order valence-electron chi connectivity index (χ0n) is 12.3. The lowest BCUT2D eigenvalue weighted by Crippen LogP contribution is -2.31. The SMILES string of the molecule is CCOC(=O)c1ccc(N)c(NC2CCOC2C2CC2)c1. The second-order valence-electron chi connectivity index (χ2n) is 5.73. The first-order valence-electron chi connectivity index (χ1n) is 7.64. The third-order valence-corrected chi connectivity index (χ3v) is 4.13. The van der Waals surface area contributed by atoms with Gasteiger partial charge in [0.05, 0.1) is 35.7 Å². The van der Waals surface area contributed by atoms with Crippen molar-refractivity contribution in [3.05, 3.63) is 23.8 Å². The molecule has 2 fully saturated rings. The molecule has 2 unspecified atom stereocenters. The average Bonchev–Trinajstić information content (AvgIpc) is 3.21. The number of rotatable bonds is 5. The van der Waals surface area contributed by atoms with Gasteiger partial charge in [0.25, 0.3) is 0 Å². The number of carbonyl (C=O) groups is 1. The Balaban J connectivity index is 1.74. The minimum absolute atomic E-state index is 0.274. The fraction of sp³-hybridized carbons (Fsp3) is 0.562. The first-order valence-corrected chi connectivity index (χ1v) is 7.64. The average molecular weight is 290 g/mol. The lowest BCUT2D eigenvalue weighted by Gasteiger charge is -2.22. The molecular weight excluding hydrogens is 268 g/mol. The summed E-state index contributed by atoms with van der Waals surface area (Å²) in [7, 11) is 0. The zero-order chi connectivity index (χ0) is 14.8. The van der Waals surface area contributed by atoms with Crippen molar-refractivity contribution >= 4 is 17.3 Å². The number of benzene rings is 1. The van der Waals surface area contributed by atoms with Crippen LogP contribution in [0.3, 0.4) is 0 Å². The van der Waals surface area contributed by atoms with Gasteiger partial charge < -0.3 is 20.5 Å². The van der Waals surface area contributed by atoms with E-state index in [1.54, 1.807) is 25.1 Å². The summed E-state index contributed by atoms with van der Waals surface area (Å²) in [4.78, 5) is 11.8. The molecule has 114 valence electrons. The van der Waals surface area contributed by atoms with Crippen molar-refractivity contribution in [2.24, 2.45) is 5.92 Å². The van der Waals surface area contributed by atoms with E-state index in [0.29, 0.717) is 23.8 Å². The minimum Gasteiger partial charge on any atom is -0.462 e. The van der Waals surface area contributed by atoms with Crippen LogP contribution in [0.25, 0.3) is 0 Å². The molecule has 1 aromatic carbocycles. The highest BCUT2D eigenvalue weighted by Gasteiger charge is 2.40. The number of carbonyl (C=O) groups excluding carboxylic acids is 1. The molecule has 1 aromatic rings. The second kappa shape index (κ2) is 5.93. The van der Waals surface area contributed by atoms with Crippen LogP contribution in [0.4, 0.5) is 11.4 Å². The van der Waals surface area contributed by atoms with Gasteiger partial charge in [-0.15, -0.1) is 0 Å². The van der Waals surface area contributed by atoms with Crippen LogP contribution in [0.5, 0.6) is 0 Å². The largest absolute Gasteiger partial charge is 0.462 e. The molecule has 0 aromatic heterocycles. The molecule has 1 aliphatic heterocycles. The summed E-state index contributed by atoms with van der Waals surface area (Å²) < 4.78 is 10.9. The van der Waals surface area contributed by atoms with E-state index in [1.807, 2.05) is 0 Å². The van der Waals surface area contributed by atoms with Crippen LogP contribution in [0, 0.1) is 5.92 Å². The smallest absolute Gasteiger partial charge is 0.338 e. The van der Waals surface area contributed by atoms with E-state index in [0.717, 1.165) is 18.7 Å². The molecule has 3 N–H and O–H groups in total. The van der Waals surface area contributed by atoms with Crippen molar-refractivity contribution < 1.29 is 14.3 Å². The highest BCUT2D eigenvalue weighted by Crippen LogP contribution is 2.40. The quantitative estimate of drug-likeness (QED) is 0.643. The van der Waals surface area contributed by atoms with Gasteiger partial charge in [0, 0.05) is 6.61 Å². The van der Waals surface area contributed by atoms with E-state index in [4.69, 9.17) is 15.2 Å². The first kappa shape index (κ1) is 14.2. The molecule has 1 saturated heterocycles. The molecule has 1 heterocycles. The lowest BCUT2D eigenvalue weighted by molar-refractivity contribution is 0.0526. The van der Waals surface area contributed by atoms with Crippen molar-refractivity contribution in [1.29, 1.82) is 0 Å². The van der Waals surface area contributed by atoms with Crippen molar-refractivity contribution in [2.75, 3.05) is 24.3 Å². The van der Waals surface area contributed by atoms with E-state index in [9.17, 15) is 4.79 Å². The van der Waals surface area contributed by atoms with E-state index >= 15 is 0 Å². The Labute approximate surface area is 124 Å². The van der Waals surface area contributed by atoms with Crippen LogP contribution in [0.15, 0.2) is 18.2 Å². The molecule has 0 radical (unpaired) electrons. The molecule has 1 aliphatic carbocycles. The van der Waals surface area contributed by atoms with Gasteiger partial charge in [-0.3, -0.25) is 0 Å². The van der Waals surface area contributed by atoms with Gasteiger partial charge in [0.2, 0.25) is 0 Å². The van der Waals surface area contributed by atoms with Gasteiger partial charge in [0.1, 0.15) is 0 Å². The van der Waals surface area contributed by atoms with E-state index in [1.165, 1.54) is 12.8 Å². The molecule has 3 rings (SSSR count). The summed E-state index contributed by atoms with van der Waals surface area (Å²) >= 11 is 0. The number of nitrogens with one attached hydrogen (secondary N) is 1. The molecule has 0 bridgehead atoms. The highest BCUT2D eigenvalue weighted by molar-refractivity contribution is 5.92. The van der Waals surface area contributed by atoms with Crippen molar-refractivity contribution in [1.82, 2.24) is 0 Å². The minimum atomic E-state index is -0.318. The molecule has 5 nitrogen and oxygen atoms in total. The van der Waals surface area contributed by atoms with Gasteiger partial charge in [-0.2, -0.15) is 0 Å². The number of hydrogen-bond donors (Lipinski definition) is 2. The summed E-state index contributed by atoms with van der Waals surface area (Å²) in [5.74, 6) is 0.362. The summed E-state index contributed by atoms with van der Waals surface area (Å²) in [6.07, 6.45) is 3.75. The summed E-state index contributed by atoms with van der Waals surface area (Å²) in [5.41, 5.74) is 7.98. The van der Waals surface area contributed by atoms with E-state index in [-0.39, 0.29) is 18.1 Å². The number of hydrogen-bond acceptors (Lipinski definition) is 5. The Morgan fingerprint density at radius 2 is 2.24 bits per heavy atom. The van der Waals surface area contributed by atoms with Crippen molar-refractivity contribution in [3.8, 4) is 0 Å². The summed E-state index contributed by atoms with van der Waals surface area (Å²) in [5, 5.41) is 3.46. The second-order valence-corrected chi connectivity index (χ2v) is 5.73. The number of nitrogens with two attached hydrogens (primary N) is 1. The number of nitrogen functional groups attached to an aromatic ring is 1. The van der Waals surface area contributed by atoms with Crippen LogP contribution in [-0.4, -0.2) is 31.3 Å².